The number of rotatable bonds is 6. The zero-order valence-electron chi connectivity index (χ0n) is 11.8. The Bertz CT molecular complexity index is 510. The summed E-state index contributed by atoms with van der Waals surface area (Å²) in [6.45, 7) is 2.81. The van der Waals surface area contributed by atoms with Crippen molar-refractivity contribution in [2.75, 3.05) is 11.9 Å². The van der Waals surface area contributed by atoms with Crippen molar-refractivity contribution in [3.63, 3.8) is 0 Å². The summed E-state index contributed by atoms with van der Waals surface area (Å²) >= 11 is 0. The fourth-order valence-electron chi connectivity index (χ4n) is 2.29. The molecule has 7 heteroatoms. The van der Waals surface area contributed by atoms with Crippen molar-refractivity contribution < 1.29 is 8.42 Å². The molecule has 0 bridgehead atoms. The van der Waals surface area contributed by atoms with Crippen molar-refractivity contribution in [3.05, 3.63) is 12.4 Å². The second-order valence-corrected chi connectivity index (χ2v) is 6.84. The van der Waals surface area contributed by atoms with E-state index in [0.717, 1.165) is 38.6 Å². The van der Waals surface area contributed by atoms with Crippen molar-refractivity contribution in [2.45, 2.75) is 56.4 Å². The van der Waals surface area contributed by atoms with Crippen LogP contribution in [0.25, 0.3) is 0 Å². The van der Waals surface area contributed by atoms with E-state index >= 15 is 0 Å². The van der Waals surface area contributed by atoms with Gasteiger partial charge in [0.2, 0.25) is 16.0 Å². The predicted molar refractivity (Wildman–Crippen MR) is 78.0 cm³/mol. The average Bonchev–Trinajstić information content (AvgIpc) is 2.46. The van der Waals surface area contributed by atoms with E-state index < -0.39 is 10.0 Å². The van der Waals surface area contributed by atoms with Crippen LogP contribution in [0.1, 0.15) is 45.4 Å². The van der Waals surface area contributed by atoms with Gasteiger partial charge in [-0.25, -0.2) is 23.1 Å². The first-order valence-corrected chi connectivity index (χ1v) is 8.68. The molecule has 1 aliphatic rings. The van der Waals surface area contributed by atoms with Crippen molar-refractivity contribution in [1.82, 2.24) is 14.7 Å². The topological polar surface area (TPSA) is 84.0 Å². The van der Waals surface area contributed by atoms with Crippen LogP contribution in [0.2, 0.25) is 0 Å². The minimum Gasteiger partial charge on any atom is -0.354 e. The second kappa shape index (κ2) is 6.99. The lowest BCUT2D eigenvalue weighted by molar-refractivity contribution is 0.412. The molecule has 1 fully saturated rings. The molecule has 1 heterocycles. The van der Waals surface area contributed by atoms with Gasteiger partial charge in [0.15, 0.2) is 0 Å². The Labute approximate surface area is 120 Å². The number of nitrogens with zero attached hydrogens (tertiary/aromatic N) is 2. The molecule has 6 nitrogen and oxygen atoms in total. The second-order valence-electron chi connectivity index (χ2n) is 5.13. The van der Waals surface area contributed by atoms with E-state index in [2.05, 4.69) is 20.0 Å². The van der Waals surface area contributed by atoms with Gasteiger partial charge in [0.05, 0.1) is 12.4 Å². The summed E-state index contributed by atoms with van der Waals surface area (Å²) in [5, 5.41) is 3.02. The van der Waals surface area contributed by atoms with Gasteiger partial charge in [0.25, 0.3) is 0 Å². The first-order valence-electron chi connectivity index (χ1n) is 7.20. The van der Waals surface area contributed by atoms with Gasteiger partial charge < -0.3 is 5.32 Å². The molecule has 0 spiro atoms. The van der Waals surface area contributed by atoms with Crippen LogP contribution in [0.15, 0.2) is 17.3 Å². The fraction of sp³-hybridized carbons (Fsp3) is 0.692. The molecule has 20 heavy (non-hydrogen) atoms. The van der Waals surface area contributed by atoms with Gasteiger partial charge in [-0.05, 0) is 19.3 Å². The van der Waals surface area contributed by atoms with Gasteiger partial charge in [0.1, 0.15) is 4.90 Å². The third-order valence-corrected chi connectivity index (χ3v) is 4.87. The van der Waals surface area contributed by atoms with E-state index in [1.807, 2.05) is 6.92 Å². The zero-order valence-corrected chi connectivity index (χ0v) is 12.6. The van der Waals surface area contributed by atoms with Gasteiger partial charge in [0, 0.05) is 12.6 Å². The van der Waals surface area contributed by atoms with Crippen LogP contribution in [0.3, 0.4) is 0 Å². The molecular formula is C13H22N4O2S. The van der Waals surface area contributed by atoms with Crippen LogP contribution in [0.4, 0.5) is 5.95 Å². The van der Waals surface area contributed by atoms with Crippen LogP contribution in [-0.2, 0) is 10.0 Å². The number of aromatic nitrogens is 2. The average molecular weight is 298 g/mol. The lowest BCUT2D eigenvalue weighted by atomic mass is 9.96. The summed E-state index contributed by atoms with van der Waals surface area (Å²) in [5.41, 5.74) is 0. The summed E-state index contributed by atoms with van der Waals surface area (Å²) in [4.78, 5) is 8.20. The molecule has 0 radical (unpaired) electrons. The number of anilines is 1. The van der Waals surface area contributed by atoms with Gasteiger partial charge in [-0.1, -0.05) is 26.2 Å². The van der Waals surface area contributed by atoms with Crippen LogP contribution in [0.5, 0.6) is 0 Å². The minimum absolute atomic E-state index is 0.0478. The Morgan fingerprint density at radius 2 is 1.85 bits per heavy atom. The van der Waals surface area contributed by atoms with E-state index in [4.69, 9.17) is 0 Å². The molecule has 0 aromatic carbocycles. The first-order chi connectivity index (χ1) is 9.62. The molecule has 1 saturated carbocycles. The predicted octanol–water partition coefficient (Wildman–Crippen LogP) is 1.91. The number of hydrogen-bond acceptors (Lipinski definition) is 5. The highest BCUT2D eigenvalue weighted by atomic mass is 32.2. The van der Waals surface area contributed by atoms with Gasteiger partial charge in [-0.2, -0.15) is 0 Å². The highest BCUT2D eigenvalue weighted by Gasteiger charge is 2.22. The van der Waals surface area contributed by atoms with E-state index in [-0.39, 0.29) is 10.9 Å². The fourth-order valence-corrected chi connectivity index (χ4v) is 3.48. The minimum atomic E-state index is -3.50. The maximum atomic E-state index is 12.2. The SMILES string of the molecule is CCCNc1ncc(S(=O)(=O)NC2CCCCC2)cn1. The molecule has 1 aromatic rings. The van der Waals surface area contributed by atoms with Gasteiger partial charge in [-0.15, -0.1) is 0 Å². The normalized spacial score (nSPS) is 17.1. The Hall–Kier alpha value is -1.21. The van der Waals surface area contributed by atoms with E-state index in [1.54, 1.807) is 0 Å². The van der Waals surface area contributed by atoms with Crippen LogP contribution in [-0.4, -0.2) is 31.0 Å². The largest absolute Gasteiger partial charge is 0.354 e. The Morgan fingerprint density at radius 1 is 1.20 bits per heavy atom. The van der Waals surface area contributed by atoms with Crippen molar-refractivity contribution >= 4 is 16.0 Å². The summed E-state index contributed by atoms with van der Waals surface area (Å²) in [6.07, 6.45) is 8.87. The maximum absolute atomic E-state index is 12.2. The van der Waals surface area contributed by atoms with Crippen LogP contribution >= 0.6 is 0 Å². The number of hydrogen-bond donors (Lipinski definition) is 2. The number of sulfonamides is 1. The Morgan fingerprint density at radius 3 is 2.45 bits per heavy atom. The third-order valence-electron chi connectivity index (χ3n) is 3.40. The molecule has 0 saturated heterocycles. The molecule has 2 N–H and O–H groups in total. The highest BCUT2D eigenvalue weighted by Crippen LogP contribution is 2.19. The van der Waals surface area contributed by atoms with E-state index in [9.17, 15) is 8.42 Å². The van der Waals surface area contributed by atoms with E-state index in [0.29, 0.717) is 5.95 Å². The zero-order chi connectivity index (χ0) is 14.4. The monoisotopic (exact) mass is 298 g/mol. The van der Waals surface area contributed by atoms with Crippen molar-refractivity contribution in [2.24, 2.45) is 0 Å². The molecule has 2 rings (SSSR count). The summed E-state index contributed by atoms with van der Waals surface area (Å²) < 4.78 is 27.2. The standard InChI is InChI=1S/C13H22N4O2S/c1-2-8-14-13-15-9-12(10-16-13)20(18,19)17-11-6-4-3-5-7-11/h9-11,17H,2-8H2,1H3,(H,14,15,16). The third kappa shape index (κ3) is 4.14. The number of nitrogens with one attached hydrogen (secondary N) is 2. The molecule has 0 unspecified atom stereocenters. The first kappa shape index (κ1) is 15.2. The summed E-state index contributed by atoms with van der Waals surface area (Å²) in [6, 6.07) is 0.0478. The molecule has 1 aromatic heterocycles. The summed E-state index contributed by atoms with van der Waals surface area (Å²) in [5.74, 6) is 0.462. The quantitative estimate of drug-likeness (QED) is 0.838. The smallest absolute Gasteiger partial charge is 0.243 e. The van der Waals surface area contributed by atoms with Crippen molar-refractivity contribution in [1.29, 1.82) is 0 Å². The molecular weight excluding hydrogens is 276 g/mol. The van der Waals surface area contributed by atoms with E-state index in [1.165, 1.54) is 18.8 Å². The molecule has 0 atom stereocenters. The van der Waals surface area contributed by atoms with Gasteiger partial charge in [-0.3, -0.25) is 0 Å². The highest BCUT2D eigenvalue weighted by molar-refractivity contribution is 7.89. The molecule has 0 aliphatic heterocycles. The molecule has 112 valence electrons. The Balaban J connectivity index is 2.01. The van der Waals surface area contributed by atoms with Crippen LogP contribution < -0.4 is 10.0 Å². The molecule has 0 amide bonds. The summed E-state index contributed by atoms with van der Waals surface area (Å²) in [7, 11) is -3.50. The van der Waals surface area contributed by atoms with Crippen molar-refractivity contribution in [3.8, 4) is 0 Å². The maximum Gasteiger partial charge on any atom is 0.243 e. The Kier molecular flexibility index (Phi) is 5.31. The van der Waals surface area contributed by atoms with Crippen LogP contribution in [0, 0.1) is 0 Å². The lowest BCUT2D eigenvalue weighted by Gasteiger charge is -2.22. The molecule has 1 aliphatic carbocycles. The lowest BCUT2D eigenvalue weighted by Crippen LogP contribution is -2.36. The van der Waals surface area contributed by atoms with Gasteiger partial charge >= 0.3 is 0 Å².